The Hall–Kier alpha value is -1.83. The zero-order chi connectivity index (χ0) is 15.2. The second kappa shape index (κ2) is 7.26. The quantitative estimate of drug-likeness (QED) is 0.391. The Morgan fingerprint density at radius 1 is 1.48 bits per heavy atom. The highest BCUT2D eigenvalue weighted by molar-refractivity contribution is 5.80. The first-order chi connectivity index (χ1) is 10.2. The summed E-state index contributed by atoms with van der Waals surface area (Å²) in [6.07, 6.45) is 0.684. The minimum atomic E-state index is -0.512. The van der Waals surface area contributed by atoms with Crippen LogP contribution in [-0.4, -0.2) is 36.9 Å². The summed E-state index contributed by atoms with van der Waals surface area (Å²) in [4.78, 5) is 11.4. The second-order valence-corrected chi connectivity index (χ2v) is 4.79. The number of nitrogens with two attached hydrogens (primary N) is 1. The molecule has 116 valence electrons. The average Bonchev–Trinajstić information content (AvgIpc) is 3.00. The zero-order valence-electron chi connectivity index (χ0n) is 11.9. The van der Waals surface area contributed by atoms with Gasteiger partial charge in [-0.1, -0.05) is 6.07 Å². The molecule has 1 aromatic carbocycles. The topological polar surface area (TPSA) is 103 Å². The van der Waals surface area contributed by atoms with Crippen molar-refractivity contribution in [2.75, 3.05) is 13.7 Å². The number of methoxy groups -OCH3 is 1. The van der Waals surface area contributed by atoms with Crippen LogP contribution in [0.1, 0.15) is 18.4 Å². The van der Waals surface area contributed by atoms with Crippen molar-refractivity contribution in [1.82, 2.24) is 5.43 Å². The van der Waals surface area contributed by atoms with Crippen LogP contribution in [0.2, 0.25) is 0 Å². The predicted octanol–water partition coefficient (Wildman–Crippen LogP) is 0.104. The maximum Gasteiger partial charge on any atom is 0.263 e. The molecule has 0 aliphatic carbocycles. The van der Waals surface area contributed by atoms with E-state index in [4.69, 9.17) is 25.2 Å². The number of benzene rings is 1. The second-order valence-electron chi connectivity index (χ2n) is 4.79. The minimum Gasteiger partial charge on any atom is -0.493 e. The summed E-state index contributed by atoms with van der Waals surface area (Å²) in [5, 5.41) is 9.09. The van der Waals surface area contributed by atoms with Crippen LogP contribution in [0.15, 0.2) is 18.2 Å². The lowest BCUT2D eigenvalue weighted by Crippen LogP contribution is -2.39. The van der Waals surface area contributed by atoms with Gasteiger partial charge in [0.05, 0.1) is 19.8 Å². The fourth-order valence-electron chi connectivity index (χ4n) is 2.23. The molecule has 2 unspecified atom stereocenters. The normalized spacial score (nSPS) is 21.1. The van der Waals surface area contributed by atoms with Crippen LogP contribution in [0.3, 0.4) is 0 Å². The van der Waals surface area contributed by atoms with E-state index in [0.29, 0.717) is 24.5 Å². The largest absolute Gasteiger partial charge is 0.493 e. The molecule has 0 aromatic heterocycles. The van der Waals surface area contributed by atoms with E-state index < -0.39 is 6.10 Å². The van der Waals surface area contributed by atoms with Crippen LogP contribution in [0.4, 0.5) is 0 Å². The number of ether oxygens (including phenoxy) is 3. The van der Waals surface area contributed by atoms with E-state index in [1.165, 1.54) is 7.11 Å². The summed E-state index contributed by atoms with van der Waals surface area (Å²) in [6.45, 7) is 0.265. The van der Waals surface area contributed by atoms with E-state index in [0.717, 1.165) is 12.0 Å². The Morgan fingerprint density at radius 2 is 2.29 bits per heavy atom. The lowest BCUT2D eigenvalue weighted by molar-refractivity contribution is -0.132. The maximum atomic E-state index is 11.4. The van der Waals surface area contributed by atoms with Gasteiger partial charge in [-0.2, -0.15) is 0 Å². The SMILES string of the molecule is COc1cc(CO)ccc1OCC1CCC(C(=O)NN)O1. The zero-order valence-corrected chi connectivity index (χ0v) is 11.9. The number of aliphatic hydroxyl groups is 1. The number of carbonyl (C=O) groups is 1. The summed E-state index contributed by atoms with van der Waals surface area (Å²) in [6, 6.07) is 5.22. The van der Waals surface area contributed by atoms with Crippen LogP contribution in [0.25, 0.3) is 0 Å². The van der Waals surface area contributed by atoms with E-state index in [9.17, 15) is 4.79 Å². The number of hydrogen-bond donors (Lipinski definition) is 3. The molecule has 7 nitrogen and oxygen atoms in total. The Labute approximate surface area is 123 Å². The Bertz CT molecular complexity index is 494. The van der Waals surface area contributed by atoms with Gasteiger partial charge >= 0.3 is 0 Å². The van der Waals surface area contributed by atoms with Gasteiger partial charge < -0.3 is 19.3 Å². The number of nitrogens with one attached hydrogen (secondary N) is 1. The monoisotopic (exact) mass is 296 g/mol. The molecule has 1 heterocycles. The molecule has 1 aliphatic heterocycles. The van der Waals surface area contributed by atoms with Gasteiger partial charge in [-0.15, -0.1) is 0 Å². The molecule has 1 saturated heterocycles. The van der Waals surface area contributed by atoms with Crippen molar-refractivity contribution in [3.8, 4) is 11.5 Å². The van der Waals surface area contributed by atoms with E-state index in [-0.39, 0.29) is 18.6 Å². The number of rotatable bonds is 6. The molecule has 0 radical (unpaired) electrons. The van der Waals surface area contributed by atoms with Gasteiger partial charge in [0.15, 0.2) is 11.5 Å². The van der Waals surface area contributed by atoms with Crippen LogP contribution < -0.4 is 20.7 Å². The van der Waals surface area contributed by atoms with Crippen molar-refractivity contribution >= 4 is 5.91 Å². The number of aliphatic hydroxyl groups excluding tert-OH is 1. The third kappa shape index (κ3) is 3.84. The molecule has 21 heavy (non-hydrogen) atoms. The number of hydrazine groups is 1. The predicted molar refractivity (Wildman–Crippen MR) is 74.6 cm³/mol. The highest BCUT2D eigenvalue weighted by Crippen LogP contribution is 2.29. The average molecular weight is 296 g/mol. The van der Waals surface area contributed by atoms with Gasteiger partial charge in [0.2, 0.25) is 0 Å². The Kier molecular flexibility index (Phi) is 5.38. The first-order valence-corrected chi connectivity index (χ1v) is 6.74. The summed E-state index contributed by atoms with van der Waals surface area (Å²) >= 11 is 0. The molecule has 0 spiro atoms. The molecule has 4 N–H and O–H groups in total. The summed E-state index contributed by atoms with van der Waals surface area (Å²) in [5.74, 6) is 5.89. The van der Waals surface area contributed by atoms with Gasteiger partial charge in [-0.25, -0.2) is 5.84 Å². The van der Waals surface area contributed by atoms with Crippen LogP contribution in [0.5, 0.6) is 11.5 Å². The number of amides is 1. The highest BCUT2D eigenvalue weighted by Gasteiger charge is 2.30. The smallest absolute Gasteiger partial charge is 0.263 e. The first kappa shape index (κ1) is 15.6. The Balaban J connectivity index is 1.90. The van der Waals surface area contributed by atoms with Crippen LogP contribution in [0, 0.1) is 0 Å². The van der Waals surface area contributed by atoms with Crippen molar-refractivity contribution in [2.24, 2.45) is 5.84 Å². The molecule has 1 aromatic rings. The molecule has 1 amide bonds. The molecule has 1 fully saturated rings. The van der Waals surface area contributed by atoms with Crippen molar-refractivity contribution in [2.45, 2.75) is 31.7 Å². The van der Waals surface area contributed by atoms with Gasteiger partial charge in [0, 0.05) is 0 Å². The molecule has 7 heteroatoms. The minimum absolute atomic E-state index is 0.0573. The fourth-order valence-corrected chi connectivity index (χ4v) is 2.23. The number of carbonyl (C=O) groups excluding carboxylic acids is 1. The van der Waals surface area contributed by atoms with Gasteiger partial charge in [-0.3, -0.25) is 10.2 Å². The third-order valence-electron chi connectivity index (χ3n) is 3.38. The van der Waals surface area contributed by atoms with Crippen LogP contribution >= 0.6 is 0 Å². The van der Waals surface area contributed by atoms with Gasteiger partial charge in [0.1, 0.15) is 12.7 Å². The summed E-state index contributed by atoms with van der Waals surface area (Å²) < 4.78 is 16.5. The first-order valence-electron chi connectivity index (χ1n) is 6.74. The molecular formula is C14H20N2O5. The molecule has 1 aliphatic rings. The summed E-state index contributed by atoms with van der Waals surface area (Å²) in [5.41, 5.74) is 2.83. The molecule has 0 saturated carbocycles. The third-order valence-corrected chi connectivity index (χ3v) is 3.38. The van der Waals surface area contributed by atoms with Crippen molar-refractivity contribution < 1.29 is 24.1 Å². The van der Waals surface area contributed by atoms with Crippen molar-refractivity contribution in [3.63, 3.8) is 0 Å². The standard InChI is InChI=1S/C14H20N2O5/c1-19-13-6-9(7-17)2-4-11(13)20-8-10-3-5-12(21-10)14(18)16-15/h2,4,6,10,12,17H,3,5,7-8,15H2,1H3,(H,16,18). The Morgan fingerprint density at radius 3 is 2.95 bits per heavy atom. The summed E-state index contributed by atoms with van der Waals surface area (Å²) in [7, 11) is 1.54. The fraction of sp³-hybridized carbons (Fsp3) is 0.500. The van der Waals surface area contributed by atoms with Crippen molar-refractivity contribution in [3.05, 3.63) is 23.8 Å². The van der Waals surface area contributed by atoms with E-state index >= 15 is 0 Å². The lowest BCUT2D eigenvalue weighted by atomic mass is 10.2. The van der Waals surface area contributed by atoms with Gasteiger partial charge in [0.25, 0.3) is 5.91 Å². The molecule has 2 atom stereocenters. The molecule has 2 rings (SSSR count). The molecular weight excluding hydrogens is 276 g/mol. The van der Waals surface area contributed by atoms with E-state index in [1.54, 1.807) is 18.2 Å². The lowest BCUT2D eigenvalue weighted by Gasteiger charge is -2.15. The van der Waals surface area contributed by atoms with Gasteiger partial charge in [-0.05, 0) is 30.5 Å². The van der Waals surface area contributed by atoms with E-state index in [2.05, 4.69) is 5.43 Å². The van der Waals surface area contributed by atoms with E-state index in [1.807, 2.05) is 0 Å². The molecule has 0 bridgehead atoms. The van der Waals surface area contributed by atoms with Crippen LogP contribution in [-0.2, 0) is 16.1 Å². The van der Waals surface area contributed by atoms with Crippen molar-refractivity contribution in [1.29, 1.82) is 0 Å². The number of hydrogen-bond acceptors (Lipinski definition) is 6. The maximum absolute atomic E-state index is 11.4. The highest BCUT2D eigenvalue weighted by atomic mass is 16.6.